The first-order chi connectivity index (χ1) is 10.2. The molecule has 0 aliphatic carbocycles. The lowest BCUT2D eigenvalue weighted by Gasteiger charge is -2.09. The number of rotatable bonds is 5. The number of hydrogen-bond acceptors (Lipinski definition) is 5. The number of hydrogen-bond donors (Lipinski definition) is 1. The van der Waals surface area contributed by atoms with E-state index in [-0.39, 0.29) is 11.7 Å². The Morgan fingerprint density at radius 2 is 2.19 bits per heavy atom. The first-order valence-corrected chi connectivity index (χ1v) is 7.14. The van der Waals surface area contributed by atoms with E-state index >= 15 is 0 Å². The molecule has 1 amide bonds. The first kappa shape index (κ1) is 14.9. The largest absolute Gasteiger partial charge is 0.495 e. The summed E-state index contributed by atoms with van der Waals surface area (Å²) in [6.07, 6.45) is 1.60. The molecule has 0 atom stereocenters. The summed E-state index contributed by atoms with van der Waals surface area (Å²) >= 11 is 1.23. The number of nitriles is 1. The molecule has 1 heterocycles. The molecular formula is C15H13N3O2S. The Morgan fingerprint density at radius 1 is 1.38 bits per heavy atom. The molecule has 0 unspecified atom stereocenters. The van der Waals surface area contributed by atoms with Crippen LogP contribution in [0.25, 0.3) is 0 Å². The fraction of sp³-hybridized carbons (Fsp3) is 0.133. The lowest BCUT2D eigenvalue weighted by molar-refractivity contribution is -0.113. The summed E-state index contributed by atoms with van der Waals surface area (Å²) in [5.41, 5.74) is 1.08. The van der Waals surface area contributed by atoms with Crippen molar-refractivity contribution in [3.8, 4) is 11.8 Å². The van der Waals surface area contributed by atoms with Crippen molar-refractivity contribution in [3.63, 3.8) is 0 Å². The van der Waals surface area contributed by atoms with E-state index in [4.69, 9.17) is 10.00 Å². The molecule has 106 valence electrons. The van der Waals surface area contributed by atoms with E-state index in [9.17, 15) is 4.79 Å². The summed E-state index contributed by atoms with van der Waals surface area (Å²) in [6.45, 7) is 0. The van der Waals surface area contributed by atoms with Crippen molar-refractivity contribution in [2.75, 3.05) is 18.2 Å². The summed E-state index contributed by atoms with van der Waals surface area (Å²) in [5, 5.41) is 12.3. The van der Waals surface area contributed by atoms with Crippen molar-refractivity contribution < 1.29 is 9.53 Å². The quantitative estimate of drug-likeness (QED) is 0.859. The zero-order valence-corrected chi connectivity index (χ0v) is 12.2. The van der Waals surface area contributed by atoms with Crippen LogP contribution in [0.1, 0.15) is 5.56 Å². The molecule has 5 nitrogen and oxygen atoms in total. The summed E-state index contributed by atoms with van der Waals surface area (Å²) in [7, 11) is 1.55. The van der Waals surface area contributed by atoms with Crippen LogP contribution in [0, 0.1) is 11.3 Å². The Hall–Kier alpha value is -2.52. The van der Waals surface area contributed by atoms with Crippen LogP contribution in [0.4, 0.5) is 5.69 Å². The number of carbonyl (C=O) groups excluding carboxylic acids is 1. The highest BCUT2D eigenvalue weighted by molar-refractivity contribution is 8.00. The van der Waals surface area contributed by atoms with Gasteiger partial charge in [-0.15, -0.1) is 0 Å². The van der Waals surface area contributed by atoms with Crippen LogP contribution in [-0.2, 0) is 4.79 Å². The Kier molecular flexibility index (Phi) is 5.18. The summed E-state index contributed by atoms with van der Waals surface area (Å²) < 4.78 is 5.17. The maximum absolute atomic E-state index is 12.0. The normalized spacial score (nSPS) is 9.71. The van der Waals surface area contributed by atoms with Crippen LogP contribution in [0.2, 0.25) is 0 Å². The number of para-hydroxylation sites is 2. The number of aromatic nitrogens is 1. The number of benzene rings is 1. The maximum Gasteiger partial charge on any atom is 0.234 e. The van der Waals surface area contributed by atoms with Gasteiger partial charge in [-0.25, -0.2) is 4.98 Å². The van der Waals surface area contributed by atoms with E-state index in [0.29, 0.717) is 22.0 Å². The van der Waals surface area contributed by atoms with Crippen molar-refractivity contribution in [3.05, 3.63) is 48.2 Å². The van der Waals surface area contributed by atoms with Crippen LogP contribution >= 0.6 is 11.8 Å². The Bertz CT molecular complexity index is 683. The van der Waals surface area contributed by atoms with Crippen LogP contribution in [0.3, 0.4) is 0 Å². The van der Waals surface area contributed by atoms with Gasteiger partial charge in [0, 0.05) is 6.20 Å². The monoisotopic (exact) mass is 299 g/mol. The molecule has 0 aliphatic heterocycles. The Balaban J connectivity index is 1.98. The molecule has 0 radical (unpaired) electrons. The van der Waals surface area contributed by atoms with Crippen LogP contribution < -0.4 is 10.1 Å². The zero-order chi connectivity index (χ0) is 15.1. The highest BCUT2D eigenvalue weighted by Gasteiger charge is 2.09. The van der Waals surface area contributed by atoms with Crippen LogP contribution in [-0.4, -0.2) is 23.8 Å². The number of pyridine rings is 1. The minimum atomic E-state index is -0.181. The third-order valence-electron chi connectivity index (χ3n) is 2.61. The van der Waals surface area contributed by atoms with Gasteiger partial charge in [0.25, 0.3) is 0 Å². The number of nitrogens with zero attached hydrogens (tertiary/aromatic N) is 2. The first-order valence-electron chi connectivity index (χ1n) is 6.15. The van der Waals surface area contributed by atoms with Crippen LogP contribution in [0.15, 0.2) is 47.6 Å². The molecule has 1 aromatic heterocycles. The number of ether oxygens (including phenoxy) is 1. The van der Waals surface area contributed by atoms with Gasteiger partial charge in [0.2, 0.25) is 5.91 Å². The standard InChI is InChI=1S/C15H13N3O2S/c1-20-13-7-3-2-6-12(13)18-14(19)10-21-15-11(9-16)5-4-8-17-15/h2-8H,10H2,1H3,(H,18,19). The molecule has 6 heteroatoms. The van der Waals surface area contributed by atoms with E-state index in [0.717, 1.165) is 0 Å². The van der Waals surface area contributed by atoms with Gasteiger partial charge in [-0.05, 0) is 24.3 Å². The number of anilines is 1. The molecule has 0 aliphatic rings. The SMILES string of the molecule is COc1ccccc1NC(=O)CSc1ncccc1C#N. The second kappa shape index (κ2) is 7.31. The van der Waals surface area contributed by atoms with E-state index in [1.165, 1.54) is 11.8 Å². The number of nitrogens with one attached hydrogen (secondary N) is 1. The molecule has 0 fully saturated rings. The fourth-order valence-corrected chi connectivity index (χ4v) is 2.40. The van der Waals surface area contributed by atoms with Crippen molar-refractivity contribution in [2.45, 2.75) is 5.03 Å². The molecule has 2 rings (SSSR count). The van der Waals surface area contributed by atoms with Crippen molar-refractivity contribution in [1.29, 1.82) is 5.26 Å². The van der Waals surface area contributed by atoms with Crippen molar-refractivity contribution >= 4 is 23.4 Å². The maximum atomic E-state index is 12.0. The predicted octanol–water partition coefficient (Wildman–Crippen LogP) is 2.69. The van der Waals surface area contributed by atoms with Crippen LogP contribution in [0.5, 0.6) is 5.75 Å². The molecule has 2 aromatic rings. The lowest BCUT2D eigenvalue weighted by Crippen LogP contribution is -2.14. The summed E-state index contributed by atoms with van der Waals surface area (Å²) in [5.74, 6) is 0.592. The Labute approximate surface area is 127 Å². The highest BCUT2D eigenvalue weighted by atomic mass is 32.2. The average Bonchev–Trinajstić information content (AvgIpc) is 2.53. The third kappa shape index (κ3) is 3.97. The fourth-order valence-electron chi connectivity index (χ4n) is 1.66. The molecular weight excluding hydrogens is 286 g/mol. The van der Waals surface area contributed by atoms with Gasteiger partial charge in [0.1, 0.15) is 16.8 Å². The third-order valence-corrected chi connectivity index (χ3v) is 3.62. The second-order valence-corrected chi connectivity index (χ2v) is 4.97. The summed E-state index contributed by atoms with van der Waals surface area (Å²) in [4.78, 5) is 16.1. The minimum absolute atomic E-state index is 0.170. The van der Waals surface area contributed by atoms with Gasteiger partial charge in [-0.3, -0.25) is 4.79 Å². The van der Waals surface area contributed by atoms with E-state index < -0.39 is 0 Å². The molecule has 1 N–H and O–H groups in total. The average molecular weight is 299 g/mol. The molecule has 1 aromatic carbocycles. The predicted molar refractivity (Wildman–Crippen MR) is 81.3 cm³/mol. The van der Waals surface area contributed by atoms with E-state index in [1.54, 1.807) is 37.6 Å². The van der Waals surface area contributed by atoms with E-state index in [2.05, 4.69) is 16.4 Å². The molecule has 0 saturated carbocycles. The number of carbonyl (C=O) groups is 1. The van der Waals surface area contributed by atoms with Gasteiger partial charge in [-0.2, -0.15) is 5.26 Å². The molecule has 21 heavy (non-hydrogen) atoms. The van der Waals surface area contributed by atoms with Gasteiger partial charge < -0.3 is 10.1 Å². The summed E-state index contributed by atoms with van der Waals surface area (Å²) in [6, 6.07) is 12.6. The number of thioether (sulfide) groups is 1. The zero-order valence-electron chi connectivity index (χ0n) is 11.4. The van der Waals surface area contributed by atoms with Crippen molar-refractivity contribution in [2.24, 2.45) is 0 Å². The van der Waals surface area contributed by atoms with Gasteiger partial charge >= 0.3 is 0 Å². The number of amides is 1. The smallest absolute Gasteiger partial charge is 0.234 e. The highest BCUT2D eigenvalue weighted by Crippen LogP contribution is 2.24. The Morgan fingerprint density at radius 3 is 2.95 bits per heavy atom. The van der Waals surface area contributed by atoms with Gasteiger partial charge in [0.05, 0.1) is 24.1 Å². The molecule has 0 saturated heterocycles. The lowest BCUT2D eigenvalue weighted by atomic mass is 10.3. The number of methoxy groups -OCH3 is 1. The minimum Gasteiger partial charge on any atom is -0.495 e. The molecule has 0 bridgehead atoms. The van der Waals surface area contributed by atoms with Crippen molar-refractivity contribution in [1.82, 2.24) is 4.98 Å². The van der Waals surface area contributed by atoms with Gasteiger partial charge in [-0.1, -0.05) is 23.9 Å². The topological polar surface area (TPSA) is 75.0 Å². The second-order valence-electron chi connectivity index (χ2n) is 4.01. The van der Waals surface area contributed by atoms with E-state index in [1.807, 2.05) is 12.1 Å². The molecule has 0 spiro atoms. The van der Waals surface area contributed by atoms with Gasteiger partial charge in [0.15, 0.2) is 0 Å².